The van der Waals surface area contributed by atoms with Crippen LogP contribution in [0.25, 0.3) is 6.08 Å². The molecule has 1 amide bonds. The maximum Gasteiger partial charge on any atom is 0.250 e. The molecule has 3 rings (SSSR count). The number of hydrogen-bond acceptors (Lipinski definition) is 6. The Morgan fingerprint density at radius 2 is 2.21 bits per heavy atom. The first-order chi connectivity index (χ1) is 11.7. The molecule has 1 fully saturated rings. The van der Waals surface area contributed by atoms with E-state index in [1.165, 1.54) is 30.3 Å². The molecular formula is C17H19N3O3S. The van der Waals surface area contributed by atoms with E-state index >= 15 is 0 Å². The maximum absolute atomic E-state index is 12.0. The minimum atomic E-state index is -0.234. The number of aromatic nitrogens is 2. The number of ether oxygens (including phenoxy) is 2. The molecule has 0 radical (unpaired) electrons. The number of benzene rings is 1. The number of anilines is 1. The zero-order chi connectivity index (χ0) is 16.9. The molecule has 1 aromatic carbocycles. The molecule has 6 nitrogen and oxygen atoms in total. The Hall–Kier alpha value is -2.41. The molecule has 0 atom stereocenters. The lowest BCUT2D eigenvalue weighted by Gasteiger charge is -2.09. The van der Waals surface area contributed by atoms with E-state index in [4.69, 9.17) is 9.47 Å². The van der Waals surface area contributed by atoms with E-state index in [0.29, 0.717) is 29.2 Å². The summed E-state index contributed by atoms with van der Waals surface area (Å²) in [4.78, 5) is 12.0. The maximum atomic E-state index is 12.0. The third-order valence-corrected chi connectivity index (χ3v) is 4.51. The largest absolute Gasteiger partial charge is 0.493 e. The highest BCUT2D eigenvalue weighted by Crippen LogP contribution is 2.42. The summed E-state index contributed by atoms with van der Waals surface area (Å²) in [6, 6.07) is 5.51. The van der Waals surface area contributed by atoms with Crippen molar-refractivity contribution in [3.05, 3.63) is 34.8 Å². The van der Waals surface area contributed by atoms with Gasteiger partial charge in [0.05, 0.1) is 13.7 Å². The van der Waals surface area contributed by atoms with Crippen LogP contribution in [0.4, 0.5) is 5.13 Å². The average molecular weight is 345 g/mol. The van der Waals surface area contributed by atoms with Crippen LogP contribution >= 0.6 is 11.3 Å². The molecule has 1 N–H and O–H groups in total. The van der Waals surface area contributed by atoms with Crippen molar-refractivity contribution in [2.75, 3.05) is 19.0 Å². The molecule has 0 spiro atoms. The van der Waals surface area contributed by atoms with Crippen molar-refractivity contribution in [2.24, 2.45) is 0 Å². The van der Waals surface area contributed by atoms with Crippen molar-refractivity contribution < 1.29 is 14.3 Å². The summed E-state index contributed by atoms with van der Waals surface area (Å²) in [6.45, 7) is 2.46. The summed E-state index contributed by atoms with van der Waals surface area (Å²) in [5, 5.41) is 12.4. The van der Waals surface area contributed by atoms with Crippen molar-refractivity contribution in [3.63, 3.8) is 0 Å². The predicted octanol–water partition coefficient (Wildman–Crippen LogP) is 3.47. The number of methoxy groups -OCH3 is 1. The number of nitrogens with one attached hydrogen (secondary N) is 1. The Bertz CT molecular complexity index is 753. The quantitative estimate of drug-likeness (QED) is 0.778. The van der Waals surface area contributed by atoms with Crippen molar-refractivity contribution in [2.45, 2.75) is 25.7 Å². The number of hydrogen-bond donors (Lipinski definition) is 1. The predicted molar refractivity (Wildman–Crippen MR) is 93.7 cm³/mol. The van der Waals surface area contributed by atoms with Crippen molar-refractivity contribution in [3.8, 4) is 11.5 Å². The van der Waals surface area contributed by atoms with Crippen LogP contribution < -0.4 is 14.8 Å². The minimum Gasteiger partial charge on any atom is -0.493 e. The van der Waals surface area contributed by atoms with Crippen LogP contribution in [0.1, 0.15) is 36.3 Å². The smallest absolute Gasteiger partial charge is 0.250 e. The topological polar surface area (TPSA) is 73.3 Å². The van der Waals surface area contributed by atoms with Gasteiger partial charge in [-0.05, 0) is 43.5 Å². The SMILES string of the molecule is CCOc1cc(C=CC(=O)Nc2nnc(C3CC3)s2)ccc1OC. The van der Waals surface area contributed by atoms with Gasteiger partial charge in [0.15, 0.2) is 11.5 Å². The number of rotatable bonds is 7. The van der Waals surface area contributed by atoms with E-state index in [1.807, 2.05) is 25.1 Å². The summed E-state index contributed by atoms with van der Waals surface area (Å²) in [7, 11) is 1.60. The number of amides is 1. The lowest BCUT2D eigenvalue weighted by atomic mass is 10.2. The zero-order valence-corrected chi connectivity index (χ0v) is 14.4. The normalized spacial score (nSPS) is 13.9. The van der Waals surface area contributed by atoms with Gasteiger partial charge in [0.1, 0.15) is 5.01 Å². The highest BCUT2D eigenvalue weighted by Gasteiger charge is 2.27. The Kier molecular flexibility index (Phi) is 5.10. The van der Waals surface area contributed by atoms with Gasteiger partial charge >= 0.3 is 0 Å². The van der Waals surface area contributed by atoms with Crippen molar-refractivity contribution in [1.29, 1.82) is 0 Å². The first-order valence-corrected chi connectivity index (χ1v) is 8.64. The molecule has 2 aromatic rings. The summed E-state index contributed by atoms with van der Waals surface area (Å²) in [5.74, 6) is 1.63. The monoisotopic (exact) mass is 345 g/mol. The summed E-state index contributed by atoms with van der Waals surface area (Å²) in [6.07, 6.45) is 5.53. The van der Waals surface area contributed by atoms with Gasteiger partial charge in [0, 0.05) is 12.0 Å². The van der Waals surface area contributed by atoms with Gasteiger partial charge < -0.3 is 9.47 Å². The minimum absolute atomic E-state index is 0.234. The number of carbonyl (C=O) groups is 1. The second kappa shape index (κ2) is 7.44. The van der Waals surface area contributed by atoms with Gasteiger partial charge in [-0.2, -0.15) is 0 Å². The molecule has 1 aliphatic rings. The summed E-state index contributed by atoms with van der Waals surface area (Å²) >= 11 is 1.44. The summed E-state index contributed by atoms with van der Waals surface area (Å²) in [5.41, 5.74) is 0.852. The highest BCUT2D eigenvalue weighted by atomic mass is 32.1. The van der Waals surface area contributed by atoms with Crippen LogP contribution in [0.5, 0.6) is 11.5 Å². The Morgan fingerprint density at radius 1 is 1.38 bits per heavy atom. The molecule has 24 heavy (non-hydrogen) atoms. The average Bonchev–Trinajstić information content (AvgIpc) is 3.33. The van der Waals surface area contributed by atoms with Crippen molar-refractivity contribution in [1.82, 2.24) is 10.2 Å². The Balaban J connectivity index is 1.63. The molecule has 1 saturated carbocycles. The van der Waals surface area contributed by atoms with Crippen LogP contribution in [0.2, 0.25) is 0 Å². The molecule has 0 saturated heterocycles. The van der Waals surface area contributed by atoms with Crippen molar-refractivity contribution >= 4 is 28.5 Å². The first-order valence-electron chi connectivity index (χ1n) is 7.83. The molecule has 1 aromatic heterocycles. The fourth-order valence-corrected chi connectivity index (χ4v) is 3.08. The fourth-order valence-electron chi connectivity index (χ4n) is 2.16. The van der Waals surface area contributed by atoms with E-state index < -0.39 is 0 Å². The van der Waals surface area contributed by atoms with Gasteiger partial charge in [-0.15, -0.1) is 10.2 Å². The van der Waals surface area contributed by atoms with Crippen LogP contribution in [0.15, 0.2) is 24.3 Å². The second-order valence-electron chi connectivity index (χ2n) is 5.39. The van der Waals surface area contributed by atoms with Crippen LogP contribution in [-0.4, -0.2) is 29.8 Å². The number of nitrogens with zero attached hydrogens (tertiary/aromatic N) is 2. The molecule has 0 aliphatic heterocycles. The lowest BCUT2D eigenvalue weighted by Crippen LogP contribution is -2.07. The van der Waals surface area contributed by atoms with E-state index in [0.717, 1.165) is 10.6 Å². The number of carbonyl (C=O) groups excluding carboxylic acids is 1. The fraction of sp³-hybridized carbons (Fsp3) is 0.353. The first kappa shape index (κ1) is 16.4. The van der Waals surface area contributed by atoms with E-state index in [2.05, 4.69) is 15.5 Å². The molecule has 1 aliphatic carbocycles. The summed E-state index contributed by atoms with van der Waals surface area (Å²) < 4.78 is 10.8. The molecule has 126 valence electrons. The Morgan fingerprint density at radius 3 is 2.92 bits per heavy atom. The van der Waals surface area contributed by atoms with Gasteiger partial charge in [0.2, 0.25) is 11.0 Å². The van der Waals surface area contributed by atoms with Gasteiger partial charge in [-0.3, -0.25) is 10.1 Å². The van der Waals surface area contributed by atoms with E-state index in [-0.39, 0.29) is 5.91 Å². The lowest BCUT2D eigenvalue weighted by molar-refractivity contribution is -0.111. The van der Waals surface area contributed by atoms with E-state index in [1.54, 1.807) is 13.2 Å². The highest BCUT2D eigenvalue weighted by molar-refractivity contribution is 7.15. The van der Waals surface area contributed by atoms with Gasteiger partial charge in [-0.25, -0.2) is 0 Å². The van der Waals surface area contributed by atoms with Crippen LogP contribution in [0, 0.1) is 0 Å². The van der Waals surface area contributed by atoms with Gasteiger partial charge in [-0.1, -0.05) is 17.4 Å². The molecule has 0 bridgehead atoms. The molecular weight excluding hydrogens is 326 g/mol. The molecule has 0 unspecified atom stereocenters. The third-order valence-electron chi connectivity index (χ3n) is 3.51. The van der Waals surface area contributed by atoms with Crippen LogP contribution in [-0.2, 0) is 4.79 Å². The molecule has 7 heteroatoms. The third kappa shape index (κ3) is 4.11. The Labute approximate surface area is 144 Å². The van der Waals surface area contributed by atoms with E-state index in [9.17, 15) is 4.79 Å². The van der Waals surface area contributed by atoms with Gasteiger partial charge in [0.25, 0.3) is 0 Å². The molecule has 1 heterocycles. The standard InChI is InChI=1S/C17H19N3O3S/c1-3-23-14-10-11(4-8-13(14)22-2)5-9-15(21)18-17-20-19-16(24-17)12-6-7-12/h4-5,8-10,12H,3,6-7H2,1-2H3,(H,18,20,21). The second-order valence-corrected chi connectivity index (χ2v) is 6.39. The zero-order valence-electron chi connectivity index (χ0n) is 13.6. The van der Waals surface area contributed by atoms with Crippen LogP contribution in [0.3, 0.4) is 0 Å².